The predicted octanol–water partition coefficient (Wildman–Crippen LogP) is 1.92. The molecule has 3 rings (SSSR count). The summed E-state index contributed by atoms with van der Waals surface area (Å²) in [4.78, 5) is 12.2. The number of hydrogen-bond donors (Lipinski definition) is 2. The number of amides is 1. The van der Waals surface area contributed by atoms with Gasteiger partial charge in [-0.1, -0.05) is 18.2 Å². The van der Waals surface area contributed by atoms with Gasteiger partial charge in [-0.15, -0.1) is 0 Å². The van der Waals surface area contributed by atoms with Crippen molar-refractivity contribution in [3.63, 3.8) is 0 Å². The Balaban J connectivity index is 1.83. The lowest BCUT2D eigenvalue weighted by Crippen LogP contribution is -2.40. The average Bonchev–Trinajstić information content (AvgIpc) is 3.03. The highest BCUT2D eigenvalue weighted by Crippen LogP contribution is 2.44. The maximum Gasteiger partial charge on any atom is 0.251 e. The summed E-state index contributed by atoms with van der Waals surface area (Å²) in [5.74, 6) is 0.0435. The number of nitrogens with two attached hydrogens (primary N) is 1. The highest BCUT2D eigenvalue weighted by Gasteiger charge is 2.42. The first-order valence-electron chi connectivity index (χ1n) is 6.38. The second-order valence-corrected chi connectivity index (χ2v) is 5.30. The molecule has 1 aromatic carbocycles. The molecule has 2 aliphatic rings. The van der Waals surface area contributed by atoms with Crippen LogP contribution in [0.3, 0.4) is 0 Å². The minimum Gasteiger partial charge on any atom is -0.349 e. The Morgan fingerprint density at radius 1 is 1.29 bits per heavy atom. The summed E-state index contributed by atoms with van der Waals surface area (Å²) in [6.07, 6.45) is 5.43. The van der Waals surface area contributed by atoms with Crippen LogP contribution in [0.5, 0.6) is 0 Å². The van der Waals surface area contributed by atoms with Gasteiger partial charge in [-0.3, -0.25) is 4.79 Å². The second-order valence-electron chi connectivity index (χ2n) is 5.30. The monoisotopic (exact) mass is 230 g/mol. The standard InChI is InChI=1S/C14H18N2O/c15-14(8-9-14)12-7-2-1-6-11(12)13(17)16-10-4-3-5-10/h1-2,6-7,10H,3-5,8-9,15H2,(H,16,17). The first-order valence-corrected chi connectivity index (χ1v) is 6.38. The SMILES string of the molecule is NC1(c2ccccc2C(=O)NC2CCC2)CC1. The van der Waals surface area contributed by atoms with Crippen molar-refractivity contribution in [2.24, 2.45) is 5.73 Å². The van der Waals surface area contributed by atoms with Gasteiger partial charge in [0.1, 0.15) is 0 Å². The van der Waals surface area contributed by atoms with Crippen LogP contribution in [0.1, 0.15) is 48.0 Å². The van der Waals surface area contributed by atoms with Gasteiger partial charge in [0.2, 0.25) is 0 Å². The van der Waals surface area contributed by atoms with Crippen molar-refractivity contribution in [1.82, 2.24) is 5.32 Å². The van der Waals surface area contributed by atoms with Crippen molar-refractivity contribution in [3.8, 4) is 0 Å². The molecule has 0 atom stereocenters. The summed E-state index contributed by atoms with van der Waals surface area (Å²) in [5.41, 5.74) is 7.74. The molecule has 1 aromatic rings. The van der Waals surface area contributed by atoms with Crippen LogP contribution in [0, 0.1) is 0 Å². The first kappa shape index (κ1) is 10.8. The third kappa shape index (κ3) is 1.95. The molecule has 17 heavy (non-hydrogen) atoms. The summed E-state index contributed by atoms with van der Waals surface area (Å²) in [7, 11) is 0. The van der Waals surface area contributed by atoms with Gasteiger partial charge < -0.3 is 11.1 Å². The molecule has 0 aliphatic heterocycles. The quantitative estimate of drug-likeness (QED) is 0.833. The largest absolute Gasteiger partial charge is 0.349 e. The van der Waals surface area contributed by atoms with Crippen molar-refractivity contribution in [1.29, 1.82) is 0 Å². The average molecular weight is 230 g/mol. The fourth-order valence-electron chi connectivity index (χ4n) is 2.34. The maximum absolute atomic E-state index is 12.2. The highest BCUT2D eigenvalue weighted by atomic mass is 16.1. The predicted molar refractivity (Wildman–Crippen MR) is 66.6 cm³/mol. The van der Waals surface area contributed by atoms with Gasteiger partial charge in [0.05, 0.1) is 0 Å². The van der Waals surface area contributed by atoms with Crippen LogP contribution < -0.4 is 11.1 Å². The van der Waals surface area contributed by atoms with Crippen LogP contribution in [0.15, 0.2) is 24.3 Å². The fourth-order valence-corrected chi connectivity index (χ4v) is 2.34. The Morgan fingerprint density at radius 2 is 2.00 bits per heavy atom. The zero-order valence-electron chi connectivity index (χ0n) is 9.91. The fraction of sp³-hybridized carbons (Fsp3) is 0.500. The number of carbonyl (C=O) groups is 1. The topological polar surface area (TPSA) is 55.1 Å². The summed E-state index contributed by atoms with van der Waals surface area (Å²) in [6, 6.07) is 8.12. The van der Waals surface area contributed by atoms with E-state index in [1.165, 1.54) is 6.42 Å². The van der Waals surface area contributed by atoms with Crippen molar-refractivity contribution < 1.29 is 4.79 Å². The Hall–Kier alpha value is -1.35. The van der Waals surface area contributed by atoms with E-state index in [4.69, 9.17) is 5.73 Å². The van der Waals surface area contributed by atoms with Crippen LogP contribution in [0.2, 0.25) is 0 Å². The normalized spacial score (nSPS) is 21.7. The molecule has 2 aliphatic carbocycles. The van der Waals surface area contributed by atoms with Gasteiger partial charge in [0, 0.05) is 17.1 Å². The second kappa shape index (κ2) is 3.84. The van der Waals surface area contributed by atoms with Gasteiger partial charge in [0.25, 0.3) is 5.91 Å². The van der Waals surface area contributed by atoms with E-state index < -0.39 is 0 Å². The van der Waals surface area contributed by atoms with E-state index >= 15 is 0 Å². The number of hydrogen-bond acceptors (Lipinski definition) is 2. The van der Waals surface area contributed by atoms with Crippen molar-refractivity contribution in [2.75, 3.05) is 0 Å². The number of carbonyl (C=O) groups excluding carboxylic acids is 1. The van der Waals surface area contributed by atoms with E-state index in [0.29, 0.717) is 6.04 Å². The Kier molecular flexibility index (Phi) is 2.44. The summed E-state index contributed by atoms with van der Waals surface area (Å²) >= 11 is 0. The minimum absolute atomic E-state index is 0.0435. The van der Waals surface area contributed by atoms with Crippen LogP contribution in [0.4, 0.5) is 0 Å². The van der Waals surface area contributed by atoms with Gasteiger partial charge in [-0.2, -0.15) is 0 Å². The lowest BCUT2D eigenvalue weighted by atomic mass is 9.92. The molecule has 2 fully saturated rings. The third-order valence-electron chi connectivity index (χ3n) is 3.94. The molecular weight excluding hydrogens is 212 g/mol. The number of rotatable bonds is 3. The van der Waals surface area contributed by atoms with E-state index in [0.717, 1.165) is 36.8 Å². The van der Waals surface area contributed by atoms with Gasteiger partial charge in [0.15, 0.2) is 0 Å². The molecule has 0 radical (unpaired) electrons. The van der Waals surface area contributed by atoms with Gasteiger partial charge in [-0.05, 0) is 43.7 Å². The highest BCUT2D eigenvalue weighted by molar-refractivity contribution is 5.96. The van der Waals surface area contributed by atoms with E-state index in [-0.39, 0.29) is 11.4 Å². The van der Waals surface area contributed by atoms with Gasteiger partial charge in [-0.25, -0.2) is 0 Å². The van der Waals surface area contributed by atoms with E-state index in [1.54, 1.807) is 0 Å². The summed E-state index contributed by atoms with van der Waals surface area (Å²) in [5, 5.41) is 3.08. The lowest BCUT2D eigenvalue weighted by Gasteiger charge is -2.27. The van der Waals surface area contributed by atoms with E-state index in [9.17, 15) is 4.79 Å². The first-order chi connectivity index (χ1) is 8.19. The third-order valence-corrected chi connectivity index (χ3v) is 3.94. The van der Waals surface area contributed by atoms with Gasteiger partial charge >= 0.3 is 0 Å². The maximum atomic E-state index is 12.2. The minimum atomic E-state index is -0.243. The molecule has 2 saturated carbocycles. The van der Waals surface area contributed by atoms with E-state index in [1.807, 2.05) is 24.3 Å². The molecule has 0 spiro atoms. The molecule has 90 valence electrons. The molecule has 1 amide bonds. The smallest absolute Gasteiger partial charge is 0.251 e. The lowest BCUT2D eigenvalue weighted by molar-refractivity contribution is 0.0915. The van der Waals surface area contributed by atoms with E-state index in [2.05, 4.69) is 5.32 Å². The van der Waals surface area contributed by atoms with Crippen LogP contribution in [0.25, 0.3) is 0 Å². The molecular formula is C14H18N2O. The zero-order valence-corrected chi connectivity index (χ0v) is 9.91. The van der Waals surface area contributed by atoms with Crippen LogP contribution in [-0.4, -0.2) is 11.9 Å². The van der Waals surface area contributed by atoms with Crippen molar-refractivity contribution >= 4 is 5.91 Å². The molecule has 0 heterocycles. The summed E-state index contributed by atoms with van der Waals surface area (Å²) < 4.78 is 0. The van der Waals surface area contributed by atoms with Crippen molar-refractivity contribution in [2.45, 2.75) is 43.7 Å². The molecule has 3 N–H and O–H groups in total. The molecule has 3 nitrogen and oxygen atoms in total. The Morgan fingerprint density at radius 3 is 2.59 bits per heavy atom. The molecule has 0 saturated heterocycles. The van der Waals surface area contributed by atoms with Crippen LogP contribution >= 0.6 is 0 Å². The zero-order chi connectivity index (χ0) is 11.9. The molecule has 3 heteroatoms. The van der Waals surface area contributed by atoms with Crippen molar-refractivity contribution in [3.05, 3.63) is 35.4 Å². The Labute approximate surface area is 101 Å². The number of benzene rings is 1. The van der Waals surface area contributed by atoms with Crippen LogP contribution in [-0.2, 0) is 5.54 Å². The molecule has 0 bridgehead atoms. The number of nitrogens with one attached hydrogen (secondary N) is 1. The Bertz CT molecular complexity index is 447. The summed E-state index contributed by atoms with van der Waals surface area (Å²) in [6.45, 7) is 0. The molecule has 0 unspecified atom stereocenters. The molecule has 0 aromatic heterocycles.